The number of rotatable bonds is 4. The van der Waals surface area contributed by atoms with Crippen LogP contribution < -0.4 is 0 Å². The van der Waals surface area contributed by atoms with E-state index in [1.807, 2.05) is 30.3 Å². The molecule has 124 valence electrons. The molecule has 0 bridgehead atoms. The number of hydrogen-bond acceptors (Lipinski definition) is 4. The molecule has 3 unspecified atom stereocenters. The first-order chi connectivity index (χ1) is 11.2. The Hall–Kier alpha value is -2.08. The Morgan fingerprint density at radius 2 is 2.00 bits per heavy atom. The number of amides is 1. The molecule has 2 aliphatic heterocycles. The van der Waals surface area contributed by atoms with Crippen LogP contribution in [0.1, 0.15) is 31.2 Å². The number of hydrogen-bond donors (Lipinski definition) is 1. The summed E-state index contributed by atoms with van der Waals surface area (Å²) in [7, 11) is 0. The van der Waals surface area contributed by atoms with Gasteiger partial charge in [0.25, 0.3) is 0 Å². The topological polar surface area (TPSA) is 76.1 Å². The largest absolute Gasteiger partial charge is 0.480 e. The van der Waals surface area contributed by atoms with Crippen LogP contribution in [0.3, 0.4) is 0 Å². The molecule has 2 fully saturated rings. The minimum absolute atomic E-state index is 0.0800. The quantitative estimate of drug-likeness (QED) is 0.922. The molecule has 23 heavy (non-hydrogen) atoms. The number of ether oxygens (including phenoxy) is 2. The average molecular weight is 319 g/mol. The van der Waals surface area contributed by atoms with Gasteiger partial charge in [0.1, 0.15) is 12.6 Å². The number of carbonyl (C=O) groups is 2. The smallest absolute Gasteiger partial charge is 0.411 e. The number of carboxylic acids is 1. The highest BCUT2D eigenvalue weighted by Gasteiger charge is 2.46. The Morgan fingerprint density at radius 1 is 1.22 bits per heavy atom. The normalized spacial score (nSPS) is 27.1. The highest BCUT2D eigenvalue weighted by molar-refractivity contribution is 5.81. The molecule has 0 aromatic heterocycles. The van der Waals surface area contributed by atoms with Gasteiger partial charge in [0, 0.05) is 6.61 Å². The van der Waals surface area contributed by atoms with Crippen LogP contribution in [0.2, 0.25) is 0 Å². The van der Waals surface area contributed by atoms with E-state index in [0.717, 1.165) is 18.4 Å². The van der Waals surface area contributed by atoms with Gasteiger partial charge in [0.2, 0.25) is 0 Å². The minimum Gasteiger partial charge on any atom is -0.480 e. The van der Waals surface area contributed by atoms with Crippen LogP contribution in [0.15, 0.2) is 30.3 Å². The fraction of sp³-hybridized carbons (Fsp3) is 0.529. The SMILES string of the molecule is O=C(O)C1CCC(C2CCCO2)N1C(=O)OCc1ccccc1. The molecule has 6 heteroatoms. The predicted octanol–water partition coefficient (Wildman–Crippen LogP) is 2.42. The molecule has 0 radical (unpaired) electrons. The molecule has 1 N–H and O–H groups in total. The van der Waals surface area contributed by atoms with E-state index in [0.29, 0.717) is 19.4 Å². The molecule has 1 amide bonds. The first-order valence-corrected chi connectivity index (χ1v) is 8.00. The Labute approximate surface area is 135 Å². The highest BCUT2D eigenvalue weighted by Crippen LogP contribution is 2.32. The van der Waals surface area contributed by atoms with E-state index >= 15 is 0 Å². The lowest BCUT2D eigenvalue weighted by Gasteiger charge is -2.30. The van der Waals surface area contributed by atoms with Crippen LogP contribution in [0, 0.1) is 0 Å². The zero-order valence-corrected chi connectivity index (χ0v) is 12.9. The van der Waals surface area contributed by atoms with Gasteiger partial charge in [-0.15, -0.1) is 0 Å². The third kappa shape index (κ3) is 3.47. The number of aliphatic carboxylic acids is 1. The van der Waals surface area contributed by atoms with E-state index in [1.54, 1.807) is 0 Å². The summed E-state index contributed by atoms with van der Waals surface area (Å²) in [6.07, 6.45) is 2.25. The molecule has 1 aromatic rings. The van der Waals surface area contributed by atoms with Crippen molar-refractivity contribution in [3.63, 3.8) is 0 Å². The van der Waals surface area contributed by atoms with Crippen molar-refractivity contribution in [2.24, 2.45) is 0 Å². The third-order valence-corrected chi connectivity index (χ3v) is 4.52. The second-order valence-corrected chi connectivity index (χ2v) is 6.00. The van der Waals surface area contributed by atoms with Gasteiger partial charge in [-0.3, -0.25) is 4.90 Å². The van der Waals surface area contributed by atoms with E-state index in [2.05, 4.69) is 0 Å². The lowest BCUT2D eigenvalue weighted by molar-refractivity contribution is -0.142. The Balaban J connectivity index is 1.69. The molecular formula is C17H21NO5. The van der Waals surface area contributed by atoms with E-state index < -0.39 is 18.1 Å². The number of nitrogens with zero attached hydrogens (tertiary/aromatic N) is 1. The van der Waals surface area contributed by atoms with Crippen LogP contribution in [0.5, 0.6) is 0 Å². The molecule has 0 aliphatic carbocycles. The number of likely N-dealkylation sites (tertiary alicyclic amines) is 1. The summed E-state index contributed by atoms with van der Waals surface area (Å²) >= 11 is 0. The van der Waals surface area contributed by atoms with Crippen LogP contribution in [0.25, 0.3) is 0 Å². The summed E-state index contributed by atoms with van der Waals surface area (Å²) in [6.45, 7) is 0.812. The summed E-state index contributed by atoms with van der Waals surface area (Å²) < 4.78 is 11.0. The maximum atomic E-state index is 12.5. The summed E-state index contributed by atoms with van der Waals surface area (Å²) in [6, 6.07) is 8.32. The molecule has 3 rings (SSSR count). The van der Waals surface area contributed by atoms with Crippen molar-refractivity contribution in [2.45, 2.75) is 50.5 Å². The molecule has 2 heterocycles. The average Bonchev–Trinajstić information content (AvgIpc) is 3.22. The van der Waals surface area contributed by atoms with Crippen molar-refractivity contribution in [1.82, 2.24) is 4.90 Å². The standard InChI is InChI=1S/C17H21NO5/c19-16(20)14-9-8-13(15-7-4-10-22-15)18(14)17(21)23-11-12-5-2-1-3-6-12/h1-3,5-6,13-15H,4,7-11H2,(H,19,20). The summed E-state index contributed by atoms with van der Waals surface area (Å²) in [4.78, 5) is 25.3. The number of carboxylic acid groups (broad SMARTS) is 1. The van der Waals surface area contributed by atoms with Crippen molar-refractivity contribution < 1.29 is 24.2 Å². The molecule has 3 atom stereocenters. The fourth-order valence-electron chi connectivity index (χ4n) is 3.41. The van der Waals surface area contributed by atoms with Crippen molar-refractivity contribution in [2.75, 3.05) is 6.61 Å². The third-order valence-electron chi connectivity index (χ3n) is 4.52. The van der Waals surface area contributed by atoms with Gasteiger partial charge < -0.3 is 14.6 Å². The van der Waals surface area contributed by atoms with E-state index in [9.17, 15) is 14.7 Å². The zero-order valence-electron chi connectivity index (χ0n) is 12.9. The van der Waals surface area contributed by atoms with Gasteiger partial charge in [0.05, 0.1) is 12.1 Å². The summed E-state index contributed by atoms with van der Waals surface area (Å²) in [5, 5.41) is 9.39. The van der Waals surface area contributed by atoms with Gasteiger partial charge in [-0.2, -0.15) is 0 Å². The summed E-state index contributed by atoms with van der Waals surface area (Å²) in [5.74, 6) is -0.984. The fourth-order valence-corrected chi connectivity index (χ4v) is 3.41. The first kappa shape index (κ1) is 15.8. The second kappa shape index (κ2) is 7.00. The number of carbonyl (C=O) groups excluding carboxylic acids is 1. The zero-order chi connectivity index (χ0) is 16.2. The number of benzene rings is 1. The monoisotopic (exact) mass is 319 g/mol. The second-order valence-electron chi connectivity index (χ2n) is 6.00. The van der Waals surface area contributed by atoms with Gasteiger partial charge in [-0.25, -0.2) is 9.59 Å². The highest BCUT2D eigenvalue weighted by atomic mass is 16.6. The van der Waals surface area contributed by atoms with E-state index in [1.165, 1.54) is 4.90 Å². The van der Waals surface area contributed by atoms with Crippen molar-refractivity contribution in [3.05, 3.63) is 35.9 Å². The van der Waals surface area contributed by atoms with Gasteiger partial charge >= 0.3 is 12.1 Å². The van der Waals surface area contributed by atoms with Crippen molar-refractivity contribution >= 4 is 12.1 Å². The summed E-state index contributed by atoms with van der Waals surface area (Å²) in [5.41, 5.74) is 0.876. The van der Waals surface area contributed by atoms with Crippen LogP contribution >= 0.6 is 0 Å². The lowest BCUT2D eigenvalue weighted by atomic mass is 10.1. The maximum Gasteiger partial charge on any atom is 0.411 e. The maximum absolute atomic E-state index is 12.5. The Morgan fingerprint density at radius 3 is 2.65 bits per heavy atom. The lowest BCUT2D eigenvalue weighted by Crippen LogP contribution is -2.49. The van der Waals surface area contributed by atoms with Gasteiger partial charge in [-0.05, 0) is 31.2 Å². The molecule has 0 saturated carbocycles. The first-order valence-electron chi connectivity index (χ1n) is 8.00. The van der Waals surface area contributed by atoms with Crippen molar-refractivity contribution in [1.29, 1.82) is 0 Å². The molecule has 6 nitrogen and oxygen atoms in total. The van der Waals surface area contributed by atoms with Crippen molar-refractivity contribution in [3.8, 4) is 0 Å². The van der Waals surface area contributed by atoms with Crippen LogP contribution in [0.4, 0.5) is 4.79 Å². The van der Waals surface area contributed by atoms with Gasteiger partial charge in [0.15, 0.2) is 0 Å². The molecule has 2 saturated heterocycles. The van der Waals surface area contributed by atoms with Crippen LogP contribution in [-0.2, 0) is 20.9 Å². The van der Waals surface area contributed by atoms with E-state index in [4.69, 9.17) is 9.47 Å². The molecule has 1 aromatic carbocycles. The Bertz CT molecular complexity index is 555. The van der Waals surface area contributed by atoms with E-state index in [-0.39, 0.29) is 18.8 Å². The minimum atomic E-state index is -0.984. The Kier molecular flexibility index (Phi) is 4.81. The van der Waals surface area contributed by atoms with Crippen LogP contribution in [-0.4, -0.2) is 46.9 Å². The molecule has 0 spiro atoms. The molecular weight excluding hydrogens is 298 g/mol. The predicted molar refractivity (Wildman–Crippen MR) is 81.9 cm³/mol. The molecule has 2 aliphatic rings. The van der Waals surface area contributed by atoms with Gasteiger partial charge in [-0.1, -0.05) is 30.3 Å².